The molecule has 4 nitrogen and oxygen atoms in total. The quantitative estimate of drug-likeness (QED) is 0.909. The molecule has 4 heteroatoms. The second-order valence-corrected chi connectivity index (χ2v) is 5.50. The van der Waals surface area contributed by atoms with Gasteiger partial charge in [0.05, 0.1) is 17.4 Å². The molecular formula is C16H23N3O. The molecule has 0 spiro atoms. The lowest BCUT2D eigenvalue weighted by Crippen LogP contribution is -2.41. The minimum atomic E-state index is 0.501. The number of benzene rings is 1. The first-order valence-corrected chi connectivity index (χ1v) is 7.59. The summed E-state index contributed by atoms with van der Waals surface area (Å²) in [5.74, 6) is 0.699. The lowest BCUT2D eigenvalue weighted by Gasteiger charge is -2.31. The first-order valence-electron chi connectivity index (χ1n) is 7.59. The summed E-state index contributed by atoms with van der Waals surface area (Å²) in [4.78, 5) is 4.49. The van der Waals surface area contributed by atoms with Crippen molar-refractivity contribution >= 4 is 11.0 Å². The summed E-state index contributed by atoms with van der Waals surface area (Å²) < 4.78 is 7.76. The fraction of sp³-hybridized carbons (Fsp3) is 0.562. The zero-order chi connectivity index (χ0) is 13.8. The molecule has 1 aromatic heterocycles. The van der Waals surface area contributed by atoms with Crippen LogP contribution in [0.3, 0.4) is 0 Å². The van der Waals surface area contributed by atoms with E-state index in [1.165, 1.54) is 5.52 Å². The van der Waals surface area contributed by atoms with Crippen molar-refractivity contribution in [1.29, 1.82) is 0 Å². The van der Waals surface area contributed by atoms with E-state index in [2.05, 4.69) is 40.0 Å². The maximum atomic E-state index is 5.49. The van der Waals surface area contributed by atoms with Crippen LogP contribution in [0.4, 0.5) is 0 Å². The van der Waals surface area contributed by atoms with Gasteiger partial charge in [0.25, 0.3) is 0 Å². The Morgan fingerprint density at radius 2 is 2.15 bits per heavy atom. The zero-order valence-corrected chi connectivity index (χ0v) is 12.1. The third-order valence-electron chi connectivity index (χ3n) is 4.22. The van der Waals surface area contributed by atoms with Gasteiger partial charge in [-0.3, -0.25) is 0 Å². The number of rotatable bonds is 5. The third kappa shape index (κ3) is 2.86. The van der Waals surface area contributed by atoms with Crippen LogP contribution in [0.5, 0.6) is 0 Å². The Kier molecular flexibility index (Phi) is 4.33. The molecule has 2 heterocycles. The number of aromatic nitrogens is 2. The van der Waals surface area contributed by atoms with Gasteiger partial charge in [-0.25, -0.2) is 4.98 Å². The summed E-state index contributed by atoms with van der Waals surface area (Å²) in [5.41, 5.74) is 2.30. The van der Waals surface area contributed by atoms with Crippen LogP contribution < -0.4 is 5.32 Å². The highest BCUT2D eigenvalue weighted by molar-refractivity contribution is 5.74. The van der Waals surface area contributed by atoms with E-state index in [4.69, 9.17) is 4.74 Å². The molecule has 1 aromatic carbocycles. The molecule has 1 atom stereocenters. The number of nitrogens with zero attached hydrogens (tertiary/aromatic N) is 2. The van der Waals surface area contributed by atoms with Crippen LogP contribution in [-0.4, -0.2) is 35.4 Å². The molecular weight excluding hydrogens is 250 g/mol. The summed E-state index contributed by atoms with van der Waals surface area (Å²) in [6.07, 6.45) is 4.28. The summed E-state index contributed by atoms with van der Waals surface area (Å²) in [6.45, 7) is 5.97. The number of hydrogen-bond acceptors (Lipinski definition) is 3. The molecule has 1 aliphatic heterocycles. The Labute approximate surface area is 120 Å². The molecule has 20 heavy (non-hydrogen) atoms. The Bertz CT molecular complexity index is 545. The number of likely N-dealkylation sites (N-methyl/N-ethyl adjacent to an activating group) is 1. The zero-order valence-electron chi connectivity index (χ0n) is 12.1. The molecule has 1 saturated heterocycles. The smallest absolute Gasteiger partial charge is 0.0958 e. The maximum Gasteiger partial charge on any atom is 0.0958 e. The van der Waals surface area contributed by atoms with Crippen molar-refractivity contribution in [3.05, 3.63) is 30.6 Å². The Hall–Kier alpha value is -1.39. The predicted octanol–water partition coefficient (Wildman–Crippen LogP) is 2.44. The van der Waals surface area contributed by atoms with Gasteiger partial charge in [0.1, 0.15) is 0 Å². The van der Waals surface area contributed by atoms with Crippen LogP contribution in [0.15, 0.2) is 30.6 Å². The van der Waals surface area contributed by atoms with Gasteiger partial charge in [-0.05, 0) is 37.4 Å². The molecule has 2 aromatic rings. The van der Waals surface area contributed by atoms with Gasteiger partial charge in [0.15, 0.2) is 0 Å². The van der Waals surface area contributed by atoms with E-state index >= 15 is 0 Å². The van der Waals surface area contributed by atoms with Gasteiger partial charge in [0, 0.05) is 25.8 Å². The molecule has 0 aliphatic carbocycles. The van der Waals surface area contributed by atoms with Crippen LogP contribution in [0, 0.1) is 5.92 Å². The first kappa shape index (κ1) is 13.6. The summed E-state index contributed by atoms with van der Waals surface area (Å²) >= 11 is 0. The lowest BCUT2D eigenvalue weighted by atomic mass is 9.91. The highest BCUT2D eigenvalue weighted by atomic mass is 16.5. The fourth-order valence-corrected chi connectivity index (χ4v) is 3.13. The van der Waals surface area contributed by atoms with Crippen LogP contribution >= 0.6 is 0 Å². The Morgan fingerprint density at radius 1 is 1.35 bits per heavy atom. The number of para-hydroxylation sites is 2. The van der Waals surface area contributed by atoms with E-state index in [-0.39, 0.29) is 0 Å². The van der Waals surface area contributed by atoms with E-state index in [9.17, 15) is 0 Å². The predicted molar refractivity (Wildman–Crippen MR) is 80.7 cm³/mol. The normalized spacial score (nSPS) is 18.4. The van der Waals surface area contributed by atoms with Crippen LogP contribution in [0.1, 0.15) is 19.8 Å². The summed E-state index contributed by atoms with van der Waals surface area (Å²) in [5, 5.41) is 3.65. The van der Waals surface area contributed by atoms with Crippen LogP contribution in [0.25, 0.3) is 11.0 Å². The topological polar surface area (TPSA) is 39.1 Å². The van der Waals surface area contributed by atoms with E-state index in [1.807, 2.05) is 12.4 Å². The van der Waals surface area contributed by atoms with Crippen molar-refractivity contribution in [2.24, 2.45) is 5.92 Å². The van der Waals surface area contributed by atoms with Gasteiger partial charge in [-0.2, -0.15) is 0 Å². The second-order valence-electron chi connectivity index (χ2n) is 5.50. The lowest BCUT2D eigenvalue weighted by molar-refractivity contribution is 0.0517. The number of hydrogen-bond donors (Lipinski definition) is 1. The number of ether oxygens (including phenoxy) is 1. The Morgan fingerprint density at radius 3 is 2.95 bits per heavy atom. The van der Waals surface area contributed by atoms with Crippen molar-refractivity contribution in [3.63, 3.8) is 0 Å². The average Bonchev–Trinajstić information content (AvgIpc) is 2.91. The monoisotopic (exact) mass is 273 g/mol. The molecule has 0 radical (unpaired) electrons. The van der Waals surface area contributed by atoms with Gasteiger partial charge in [-0.1, -0.05) is 19.1 Å². The van der Waals surface area contributed by atoms with E-state index < -0.39 is 0 Å². The average molecular weight is 273 g/mol. The number of fused-ring (bicyclic) bond motifs is 1. The minimum Gasteiger partial charge on any atom is -0.381 e. The standard InChI is InChI=1S/C16H23N3O/c1-2-17-15(13-7-9-20-10-8-13)11-19-12-18-14-5-3-4-6-16(14)19/h3-6,12-13,15,17H,2,7-11H2,1H3. The molecule has 3 rings (SSSR count). The number of imidazole rings is 1. The molecule has 1 N–H and O–H groups in total. The highest BCUT2D eigenvalue weighted by Crippen LogP contribution is 2.21. The highest BCUT2D eigenvalue weighted by Gasteiger charge is 2.24. The van der Waals surface area contributed by atoms with Crippen molar-refractivity contribution in [2.45, 2.75) is 32.4 Å². The van der Waals surface area contributed by atoms with Gasteiger partial charge in [0.2, 0.25) is 0 Å². The summed E-state index contributed by atoms with van der Waals surface area (Å²) in [6, 6.07) is 8.84. The molecule has 0 bridgehead atoms. The van der Waals surface area contributed by atoms with Crippen molar-refractivity contribution in [3.8, 4) is 0 Å². The van der Waals surface area contributed by atoms with E-state index in [1.54, 1.807) is 0 Å². The molecule has 0 saturated carbocycles. The van der Waals surface area contributed by atoms with Crippen molar-refractivity contribution < 1.29 is 4.74 Å². The van der Waals surface area contributed by atoms with E-state index in [0.29, 0.717) is 12.0 Å². The van der Waals surface area contributed by atoms with Gasteiger partial charge >= 0.3 is 0 Å². The molecule has 1 aliphatic rings. The first-order chi connectivity index (χ1) is 9.88. The third-order valence-corrected chi connectivity index (χ3v) is 4.22. The molecule has 0 amide bonds. The SMILES string of the molecule is CCNC(Cn1cnc2ccccc21)C1CCOCC1. The maximum absolute atomic E-state index is 5.49. The second kappa shape index (κ2) is 6.37. The fourth-order valence-electron chi connectivity index (χ4n) is 3.13. The van der Waals surface area contributed by atoms with Gasteiger partial charge < -0.3 is 14.6 Å². The van der Waals surface area contributed by atoms with Crippen molar-refractivity contribution in [2.75, 3.05) is 19.8 Å². The summed E-state index contributed by atoms with van der Waals surface area (Å²) in [7, 11) is 0. The molecule has 1 fully saturated rings. The van der Waals surface area contributed by atoms with Crippen LogP contribution in [0.2, 0.25) is 0 Å². The Balaban J connectivity index is 1.78. The van der Waals surface area contributed by atoms with E-state index in [0.717, 1.165) is 44.7 Å². The van der Waals surface area contributed by atoms with Crippen LogP contribution in [-0.2, 0) is 11.3 Å². The largest absolute Gasteiger partial charge is 0.381 e. The molecule has 108 valence electrons. The van der Waals surface area contributed by atoms with Crippen molar-refractivity contribution in [1.82, 2.24) is 14.9 Å². The molecule has 1 unspecified atom stereocenters. The van der Waals surface area contributed by atoms with Gasteiger partial charge in [-0.15, -0.1) is 0 Å². The number of nitrogens with one attached hydrogen (secondary N) is 1. The minimum absolute atomic E-state index is 0.501.